The molecule has 0 unspecified atom stereocenters. The molecule has 8 heteroatoms. The SMILES string of the molecule is CN(Cc1nccn1C)c1c(Br)cncc1[N+](=O)[O-]. The number of pyridine rings is 1. The normalized spacial score (nSPS) is 10.5. The lowest BCUT2D eigenvalue weighted by atomic mass is 10.3. The van der Waals surface area contributed by atoms with Gasteiger partial charge in [-0.05, 0) is 15.9 Å². The second kappa shape index (κ2) is 5.35. The maximum atomic E-state index is 11.0. The summed E-state index contributed by atoms with van der Waals surface area (Å²) in [4.78, 5) is 20.4. The van der Waals surface area contributed by atoms with Crippen LogP contribution >= 0.6 is 15.9 Å². The summed E-state index contributed by atoms with van der Waals surface area (Å²) < 4.78 is 2.45. The van der Waals surface area contributed by atoms with Gasteiger partial charge in [0.1, 0.15) is 17.7 Å². The standard InChI is InChI=1S/C11H12BrN5O2/c1-15-4-3-14-10(15)7-16(2)11-8(12)5-13-6-9(11)17(18)19/h3-6H,7H2,1-2H3. The topological polar surface area (TPSA) is 77.1 Å². The van der Waals surface area contributed by atoms with Crippen LogP contribution in [0.1, 0.15) is 5.82 Å². The quantitative estimate of drug-likeness (QED) is 0.635. The minimum atomic E-state index is -0.442. The van der Waals surface area contributed by atoms with E-state index in [1.54, 1.807) is 18.1 Å². The molecular weight excluding hydrogens is 314 g/mol. The number of halogens is 1. The number of imidazole rings is 1. The maximum Gasteiger partial charge on any atom is 0.311 e. The molecule has 0 saturated heterocycles. The summed E-state index contributed by atoms with van der Waals surface area (Å²) in [7, 11) is 3.66. The predicted molar refractivity (Wildman–Crippen MR) is 73.9 cm³/mol. The van der Waals surface area contributed by atoms with Gasteiger partial charge in [0.15, 0.2) is 0 Å². The number of nitro groups is 1. The van der Waals surface area contributed by atoms with Crippen LogP contribution in [0.5, 0.6) is 0 Å². The molecule has 2 aromatic rings. The molecule has 19 heavy (non-hydrogen) atoms. The number of aryl methyl sites for hydroxylation is 1. The van der Waals surface area contributed by atoms with Crippen LogP contribution in [-0.4, -0.2) is 26.5 Å². The second-order valence-electron chi connectivity index (χ2n) is 4.06. The zero-order valence-electron chi connectivity index (χ0n) is 10.4. The number of aromatic nitrogens is 3. The molecule has 2 heterocycles. The molecular formula is C11H12BrN5O2. The van der Waals surface area contributed by atoms with Crippen LogP contribution in [0.15, 0.2) is 29.3 Å². The van der Waals surface area contributed by atoms with Crippen LogP contribution in [0.3, 0.4) is 0 Å². The van der Waals surface area contributed by atoms with E-state index in [1.165, 1.54) is 12.4 Å². The van der Waals surface area contributed by atoms with Gasteiger partial charge in [-0.25, -0.2) is 4.98 Å². The highest BCUT2D eigenvalue weighted by atomic mass is 79.9. The Morgan fingerprint density at radius 3 is 2.84 bits per heavy atom. The summed E-state index contributed by atoms with van der Waals surface area (Å²) in [5.74, 6) is 0.820. The Balaban J connectivity index is 2.36. The van der Waals surface area contributed by atoms with Gasteiger partial charge < -0.3 is 9.47 Å². The monoisotopic (exact) mass is 325 g/mol. The molecule has 0 atom stereocenters. The van der Waals surface area contributed by atoms with Gasteiger partial charge in [0, 0.05) is 32.7 Å². The second-order valence-corrected chi connectivity index (χ2v) is 4.91. The Morgan fingerprint density at radius 2 is 2.26 bits per heavy atom. The minimum absolute atomic E-state index is 0.0360. The first-order chi connectivity index (χ1) is 9.00. The van der Waals surface area contributed by atoms with Crippen LogP contribution < -0.4 is 4.90 Å². The molecule has 0 aromatic carbocycles. The van der Waals surface area contributed by atoms with Gasteiger partial charge in [-0.1, -0.05) is 0 Å². The third kappa shape index (κ3) is 2.73. The van der Waals surface area contributed by atoms with E-state index >= 15 is 0 Å². The van der Waals surface area contributed by atoms with E-state index in [4.69, 9.17) is 0 Å². The van der Waals surface area contributed by atoms with E-state index in [-0.39, 0.29) is 5.69 Å². The zero-order valence-corrected chi connectivity index (χ0v) is 12.0. The lowest BCUT2D eigenvalue weighted by Crippen LogP contribution is -2.20. The fourth-order valence-electron chi connectivity index (χ4n) is 1.77. The molecule has 0 aliphatic heterocycles. The lowest BCUT2D eigenvalue weighted by molar-refractivity contribution is -0.384. The Bertz CT molecular complexity index is 613. The number of hydrogen-bond donors (Lipinski definition) is 0. The fraction of sp³-hybridized carbons (Fsp3) is 0.273. The zero-order chi connectivity index (χ0) is 14.0. The first-order valence-electron chi connectivity index (χ1n) is 5.46. The average molecular weight is 326 g/mol. The van der Waals surface area contributed by atoms with Gasteiger partial charge in [-0.15, -0.1) is 0 Å². The molecule has 0 bridgehead atoms. The molecule has 2 aromatic heterocycles. The Kier molecular flexibility index (Phi) is 3.79. The van der Waals surface area contributed by atoms with Crippen molar-refractivity contribution in [2.45, 2.75) is 6.54 Å². The Hall–Kier alpha value is -1.96. The Morgan fingerprint density at radius 1 is 1.53 bits per heavy atom. The van der Waals surface area contributed by atoms with E-state index in [0.717, 1.165) is 5.82 Å². The number of nitrogens with zero attached hydrogens (tertiary/aromatic N) is 5. The molecule has 0 amide bonds. The summed E-state index contributed by atoms with van der Waals surface area (Å²) in [6.45, 7) is 0.465. The lowest BCUT2D eigenvalue weighted by Gasteiger charge is -2.19. The van der Waals surface area contributed by atoms with Gasteiger partial charge in [0.05, 0.1) is 15.9 Å². The molecule has 0 aliphatic rings. The van der Waals surface area contributed by atoms with E-state index in [2.05, 4.69) is 25.9 Å². The van der Waals surface area contributed by atoms with E-state index in [9.17, 15) is 10.1 Å². The Labute approximate surface area is 118 Å². The van der Waals surface area contributed by atoms with Gasteiger partial charge in [0.25, 0.3) is 0 Å². The first kappa shape index (κ1) is 13.5. The third-order valence-corrected chi connectivity index (χ3v) is 3.31. The fourth-order valence-corrected chi connectivity index (χ4v) is 2.39. The smallest absolute Gasteiger partial charge is 0.311 e. The van der Waals surface area contributed by atoms with Crippen molar-refractivity contribution >= 4 is 27.3 Å². The molecule has 2 rings (SSSR count). The molecule has 0 spiro atoms. The summed E-state index contributed by atoms with van der Waals surface area (Å²) in [5.41, 5.74) is 0.453. The van der Waals surface area contributed by atoms with Crippen LogP contribution in [0.25, 0.3) is 0 Å². The minimum Gasteiger partial charge on any atom is -0.361 e. The van der Waals surface area contributed by atoms with Crippen molar-refractivity contribution in [2.24, 2.45) is 7.05 Å². The molecule has 0 N–H and O–H groups in total. The van der Waals surface area contributed by atoms with Crippen molar-refractivity contribution in [3.8, 4) is 0 Å². The highest BCUT2D eigenvalue weighted by Crippen LogP contribution is 2.34. The molecule has 0 fully saturated rings. The number of rotatable bonds is 4. The van der Waals surface area contributed by atoms with E-state index in [0.29, 0.717) is 16.7 Å². The van der Waals surface area contributed by atoms with Gasteiger partial charge in [-0.3, -0.25) is 15.1 Å². The highest BCUT2D eigenvalue weighted by molar-refractivity contribution is 9.10. The van der Waals surface area contributed by atoms with Crippen molar-refractivity contribution in [3.63, 3.8) is 0 Å². The first-order valence-corrected chi connectivity index (χ1v) is 6.25. The third-order valence-electron chi connectivity index (χ3n) is 2.73. The summed E-state index contributed by atoms with van der Waals surface area (Å²) >= 11 is 3.30. The predicted octanol–water partition coefficient (Wildman–Crippen LogP) is 2.12. The van der Waals surface area contributed by atoms with Crippen LogP contribution in [-0.2, 0) is 13.6 Å². The average Bonchev–Trinajstić information content (AvgIpc) is 2.74. The molecule has 7 nitrogen and oxygen atoms in total. The van der Waals surface area contributed by atoms with E-state index < -0.39 is 4.92 Å². The summed E-state index contributed by atoms with van der Waals surface area (Å²) in [5, 5.41) is 11.0. The van der Waals surface area contributed by atoms with Crippen molar-refractivity contribution in [3.05, 3.63) is 45.2 Å². The largest absolute Gasteiger partial charge is 0.361 e. The van der Waals surface area contributed by atoms with Crippen LogP contribution in [0.4, 0.5) is 11.4 Å². The summed E-state index contributed by atoms with van der Waals surface area (Å²) in [6.07, 6.45) is 6.31. The van der Waals surface area contributed by atoms with Crippen molar-refractivity contribution < 1.29 is 4.92 Å². The van der Waals surface area contributed by atoms with Gasteiger partial charge in [-0.2, -0.15) is 0 Å². The van der Waals surface area contributed by atoms with Crippen molar-refractivity contribution in [1.29, 1.82) is 0 Å². The van der Waals surface area contributed by atoms with Gasteiger partial charge >= 0.3 is 5.69 Å². The van der Waals surface area contributed by atoms with Gasteiger partial charge in [0.2, 0.25) is 0 Å². The van der Waals surface area contributed by atoms with Crippen molar-refractivity contribution in [2.75, 3.05) is 11.9 Å². The van der Waals surface area contributed by atoms with Crippen molar-refractivity contribution in [1.82, 2.24) is 14.5 Å². The summed E-state index contributed by atoms with van der Waals surface area (Å²) in [6, 6.07) is 0. The van der Waals surface area contributed by atoms with E-state index in [1.807, 2.05) is 17.8 Å². The van der Waals surface area contributed by atoms with Crippen LogP contribution in [0, 0.1) is 10.1 Å². The molecule has 0 aliphatic carbocycles. The highest BCUT2D eigenvalue weighted by Gasteiger charge is 2.21. The maximum absolute atomic E-state index is 11.0. The van der Waals surface area contributed by atoms with Crippen LogP contribution in [0.2, 0.25) is 0 Å². The number of anilines is 1. The molecule has 0 saturated carbocycles. The number of hydrogen-bond acceptors (Lipinski definition) is 5. The molecule has 100 valence electrons. The molecule has 0 radical (unpaired) electrons.